The van der Waals surface area contributed by atoms with Crippen LogP contribution in [0.4, 0.5) is 0 Å². The van der Waals surface area contributed by atoms with Crippen molar-refractivity contribution in [2.24, 2.45) is 0 Å². The number of nitrogens with one attached hydrogen (secondary N) is 2. The molecule has 0 saturated heterocycles. The number of rotatable bonds is 5. The van der Waals surface area contributed by atoms with Crippen LogP contribution in [0.25, 0.3) is 0 Å². The lowest BCUT2D eigenvalue weighted by Gasteiger charge is -2.07. The molecule has 6 heteroatoms. The molecule has 6 nitrogen and oxygen atoms in total. The van der Waals surface area contributed by atoms with E-state index in [-0.39, 0.29) is 5.69 Å². The van der Waals surface area contributed by atoms with Crippen molar-refractivity contribution in [3.8, 4) is 0 Å². The van der Waals surface area contributed by atoms with Gasteiger partial charge in [-0.25, -0.2) is 0 Å². The fraction of sp³-hybridized carbons (Fsp3) is 0.250. The van der Waals surface area contributed by atoms with Gasteiger partial charge in [-0.05, 0) is 36.6 Å². The summed E-state index contributed by atoms with van der Waals surface area (Å²) >= 11 is 0. The Kier molecular flexibility index (Phi) is 5.59. The number of hydrazine groups is 1. The highest BCUT2D eigenvalue weighted by Crippen LogP contribution is 2.05. The fourth-order valence-corrected chi connectivity index (χ4v) is 1.84. The zero-order valence-corrected chi connectivity index (χ0v) is 12.4. The van der Waals surface area contributed by atoms with Gasteiger partial charge in [0.05, 0.1) is 0 Å². The summed E-state index contributed by atoms with van der Waals surface area (Å²) in [6, 6.07) is 6.64. The van der Waals surface area contributed by atoms with E-state index in [0.29, 0.717) is 5.56 Å². The Morgan fingerprint density at radius 1 is 1.05 bits per heavy atom. The lowest BCUT2D eigenvalue weighted by Crippen LogP contribution is -2.41. The third kappa shape index (κ3) is 4.37. The van der Waals surface area contributed by atoms with Crippen molar-refractivity contribution in [1.29, 1.82) is 0 Å². The Morgan fingerprint density at radius 2 is 1.77 bits per heavy atom. The van der Waals surface area contributed by atoms with Crippen LogP contribution in [0.1, 0.15) is 46.2 Å². The summed E-state index contributed by atoms with van der Waals surface area (Å²) in [7, 11) is 0. The Hall–Kier alpha value is -2.76. The maximum atomic E-state index is 11.9. The topological polar surface area (TPSA) is 84.0 Å². The van der Waals surface area contributed by atoms with Crippen LogP contribution in [0.2, 0.25) is 0 Å². The number of unbranched alkanes of at least 4 members (excludes halogenated alkanes) is 1. The van der Waals surface area contributed by atoms with Crippen molar-refractivity contribution in [2.45, 2.75) is 26.2 Å². The molecule has 22 heavy (non-hydrogen) atoms. The summed E-state index contributed by atoms with van der Waals surface area (Å²) < 4.78 is 0. The fourth-order valence-electron chi connectivity index (χ4n) is 1.84. The smallest absolute Gasteiger partial charge is 0.267 e. The van der Waals surface area contributed by atoms with Gasteiger partial charge < -0.3 is 0 Å². The van der Waals surface area contributed by atoms with Gasteiger partial charge in [0.2, 0.25) is 0 Å². The third-order valence-electron chi connectivity index (χ3n) is 3.11. The molecule has 2 N–H and O–H groups in total. The maximum absolute atomic E-state index is 11.9. The summed E-state index contributed by atoms with van der Waals surface area (Å²) in [5, 5.41) is 0. The zero-order valence-electron chi connectivity index (χ0n) is 12.4. The van der Waals surface area contributed by atoms with Crippen molar-refractivity contribution in [1.82, 2.24) is 20.8 Å². The van der Waals surface area contributed by atoms with E-state index in [0.717, 1.165) is 24.8 Å². The molecule has 2 amide bonds. The van der Waals surface area contributed by atoms with Gasteiger partial charge in [0.1, 0.15) is 5.69 Å². The minimum Gasteiger partial charge on any atom is -0.267 e. The molecule has 2 aromatic rings. The van der Waals surface area contributed by atoms with Crippen LogP contribution in [0.3, 0.4) is 0 Å². The average molecular weight is 298 g/mol. The first-order valence-electron chi connectivity index (χ1n) is 7.16. The summed E-state index contributed by atoms with van der Waals surface area (Å²) in [5.74, 6) is -0.861. The van der Waals surface area contributed by atoms with Crippen molar-refractivity contribution in [3.05, 3.63) is 59.7 Å². The molecule has 2 heterocycles. The van der Waals surface area contributed by atoms with Gasteiger partial charge in [-0.2, -0.15) is 0 Å². The first-order chi connectivity index (χ1) is 10.7. The summed E-state index contributed by atoms with van der Waals surface area (Å²) in [5.41, 5.74) is 6.45. The molecule has 0 aliphatic carbocycles. The molecule has 0 unspecified atom stereocenters. The summed E-state index contributed by atoms with van der Waals surface area (Å²) in [4.78, 5) is 31.6. The quantitative estimate of drug-likeness (QED) is 0.826. The van der Waals surface area contributed by atoms with Crippen molar-refractivity contribution in [3.63, 3.8) is 0 Å². The van der Waals surface area contributed by atoms with Crippen LogP contribution in [0, 0.1) is 0 Å². The second kappa shape index (κ2) is 7.87. The summed E-state index contributed by atoms with van der Waals surface area (Å²) in [6.07, 6.45) is 7.86. The highest BCUT2D eigenvalue weighted by molar-refractivity contribution is 5.98. The number of nitrogens with zero attached hydrogens (tertiary/aromatic N) is 2. The van der Waals surface area contributed by atoms with E-state index in [1.165, 1.54) is 12.4 Å². The lowest BCUT2D eigenvalue weighted by molar-refractivity contribution is 0.0844. The van der Waals surface area contributed by atoms with Crippen molar-refractivity contribution >= 4 is 11.8 Å². The maximum Gasteiger partial charge on any atom is 0.288 e. The molecule has 0 aliphatic rings. The Bertz CT molecular complexity index is 626. The van der Waals surface area contributed by atoms with Gasteiger partial charge in [-0.15, -0.1) is 0 Å². The van der Waals surface area contributed by atoms with Gasteiger partial charge >= 0.3 is 0 Å². The minimum atomic E-state index is -0.454. The molecule has 0 saturated carbocycles. The molecule has 0 radical (unpaired) electrons. The van der Waals surface area contributed by atoms with E-state index >= 15 is 0 Å². The van der Waals surface area contributed by atoms with E-state index in [4.69, 9.17) is 0 Å². The van der Waals surface area contributed by atoms with E-state index in [1.807, 2.05) is 6.07 Å². The van der Waals surface area contributed by atoms with Crippen molar-refractivity contribution in [2.75, 3.05) is 0 Å². The molecule has 0 atom stereocenters. The molecule has 0 bridgehead atoms. The van der Waals surface area contributed by atoms with Crippen LogP contribution in [-0.4, -0.2) is 21.8 Å². The lowest BCUT2D eigenvalue weighted by atomic mass is 10.1. The monoisotopic (exact) mass is 298 g/mol. The number of aromatic nitrogens is 2. The van der Waals surface area contributed by atoms with Gasteiger partial charge in [-0.1, -0.05) is 19.4 Å². The average Bonchev–Trinajstić information content (AvgIpc) is 2.58. The Morgan fingerprint density at radius 3 is 2.41 bits per heavy atom. The van der Waals surface area contributed by atoms with Gasteiger partial charge in [0.15, 0.2) is 0 Å². The number of pyridine rings is 2. The molecular formula is C16H18N4O2. The van der Waals surface area contributed by atoms with Crippen LogP contribution >= 0.6 is 0 Å². The minimum absolute atomic E-state index is 0.260. The number of carbonyl (C=O) groups is 2. The van der Waals surface area contributed by atoms with E-state index in [2.05, 4.69) is 27.7 Å². The SMILES string of the molecule is CCCCc1ccc(C(=O)NNC(=O)c2ccncc2)nc1. The zero-order chi connectivity index (χ0) is 15.8. The highest BCUT2D eigenvalue weighted by atomic mass is 16.2. The normalized spacial score (nSPS) is 10.0. The van der Waals surface area contributed by atoms with E-state index in [1.54, 1.807) is 24.4 Å². The van der Waals surface area contributed by atoms with Gasteiger partial charge in [0, 0.05) is 24.2 Å². The van der Waals surface area contributed by atoms with Crippen LogP contribution in [0.15, 0.2) is 42.9 Å². The second-order valence-corrected chi connectivity index (χ2v) is 4.80. The molecule has 0 aliphatic heterocycles. The first kappa shape index (κ1) is 15.6. The number of aryl methyl sites for hydroxylation is 1. The van der Waals surface area contributed by atoms with Gasteiger partial charge in [0.25, 0.3) is 11.8 Å². The third-order valence-corrected chi connectivity index (χ3v) is 3.11. The molecule has 114 valence electrons. The highest BCUT2D eigenvalue weighted by Gasteiger charge is 2.09. The van der Waals surface area contributed by atoms with Crippen LogP contribution in [-0.2, 0) is 6.42 Å². The predicted molar refractivity (Wildman–Crippen MR) is 82.0 cm³/mol. The molecule has 0 aromatic carbocycles. The number of carbonyl (C=O) groups excluding carboxylic acids is 2. The van der Waals surface area contributed by atoms with Crippen molar-refractivity contribution < 1.29 is 9.59 Å². The predicted octanol–water partition coefficient (Wildman–Crippen LogP) is 1.89. The standard InChI is InChI=1S/C16H18N4O2/c1-2-3-4-12-5-6-14(18-11-12)16(22)20-19-15(21)13-7-9-17-10-8-13/h5-11H,2-4H2,1H3,(H,19,21)(H,20,22). The molecule has 2 rings (SSSR count). The van der Waals surface area contributed by atoms with Crippen LogP contribution < -0.4 is 10.9 Å². The van der Waals surface area contributed by atoms with E-state index in [9.17, 15) is 9.59 Å². The second-order valence-electron chi connectivity index (χ2n) is 4.80. The van der Waals surface area contributed by atoms with Crippen LogP contribution in [0.5, 0.6) is 0 Å². The Labute approximate surface area is 129 Å². The van der Waals surface area contributed by atoms with E-state index < -0.39 is 11.8 Å². The molecule has 2 aromatic heterocycles. The van der Waals surface area contributed by atoms with Gasteiger partial charge in [-0.3, -0.25) is 30.4 Å². The molecular weight excluding hydrogens is 280 g/mol. The Balaban J connectivity index is 1.88. The number of amides is 2. The molecule has 0 spiro atoms. The number of hydrogen-bond donors (Lipinski definition) is 2. The summed E-state index contributed by atoms with van der Waals surface area (Å²) in [6.45, 7) is 2.13. The molecule has 0 fully saturated rings. The number of hydrogen-bond acceptors (Lipinski definition) is 4. The largest absolute Gasteiger partial charge is 0.288 e. The first-order valence-corrected chi connectivity index (χ1v) is 7.16.